The van der Waals surface area contributed by atoms with Gasteiger partial charge in [0, 0.05) is 12.4 Å². The molecule has 1 aromatic carbocycles. The lowest BCUT2D eigenvalue weighted by Gasteiger charge is -2.08. The van der Waals surface area contributed by atoms with Crippen molar-refractivity contribution in [3.8, 4) is 22.8 Å². The fourth-order valence-corrected chi connectivity index (χ4v) is 2.55. The van der Waals surface area contributed by atoms with Crippen LogP contribution in [0, 0.1) is 0 Å². The summed E-state index contributed by atoms with van der Waals surface area (Å²) < 4.78 is 7.31. The average molecular weight is 361 g/mol. The largest absolute Gasteiger partial charge is 0.487 e. The maximum Gasteiger partial charge on any atom is 0.338 e. The van der Waals surface area contributed by atoms with Crippen LogP contribution in [0.1, 0.15) is 15.9 Å². The normalized spacial score (nSPS) is 10.7. The third kappa shape index (κ3) is 3.69. The topological polar surface area (TPSA) is 106 Å². The lowest BCUT2D eigenvalue weighted by atomic mass is 10.2. The smallest absolute Gasteiger partial charge is 0.338 e. The van der Waals surface area contributed by atoms with Crippen molar-refractivity contribution in [1.29, 1.82) is 0 Å². The molecule has 4 aromatic rings. The number of ether oxygens (including phenoxy) is 1. The summed E-state index contributed by atoms with van der Waals surface area (Å²) in [5, 5.41) is 19.9. The Morgan fingerprint density at radius 2 is 2.11 bits per heavy atom. The molecule has 0 atom stereocenters. The summed E-state index contributed by atoms with van der Waals surface area (Å²) in [7, 11) is 0. The van der Waals surface area contributed by atoms with Gasteiger partial charge in [-0.3, -0.25) is 10.1 Å². The van der Waals surface area contributed by atoms with E-state index in [1.165, 1.54) is 17.1 Å². The molecule has 0 fully saturated rings. The van der Waals surface area contributed by atoms with E-state index in [1.54, 1.807) is 12.4 Å². The fourth-order valence-electron chi connectivity index (χ4n) is 2.55. The Balaban J connectivity index is 1.44. The second-order valence-corrected chi connectivity index (χ2v) is 5.79. The van der Waals surface area contributed by atoms with Gasteiger partial charge in [-0.25, -0.2) is 9.48 Å². The molecule has 0 unspecified atom stereocenters. The lowest BCUT2D eigenvalue weighted by Crippen LogP contribution is -2.00. The van der Waals surface area contributed by atoms with Crippen molar-refractivity contribution in [2.24, 2.45) is 0 Å². The number of rotatable bonds is 6. The van der Waals surface area contributed by atoms with E-state index >= 15 is 0 Å². The molecule has 0 saturated carbocycles. The summed E-state index contributed by atoms with van der Waals surface area (Å²) in [4.78, 5) is 15.3. The number of nitrogens with one attached hydrogen (secondary N) is 1. The molecule has 0 aliphatic heterocycles. The molecule has 0 radical (unpaired) electrons. The number of pyridine rings is 1. The van der Waals surface area contributed by atoms with Gasteiger partial charge in [0.2, 0.25) is 0 Å². The summed E-state index contributed by atoms with van der Waals surface area (Å²) in [6.45, 7) is 0.353. The summed E-state index contributed by atoms with van der Waals surface area (Å²) in [6.07, 6.45) is 6.12. The minimum absolute atomic E-state index is 0.139. The third-order valence-corrected chi connectivity index (χ3v) is 3.92. The van der Waals surface area contributed by atoms with Gasteiger partial charge in [-0.2, -0.15) is 10.2 Å². The molecule has 27 heavy (non-hydrogen) atoms. The van der Waals surface area contributed by atoms with Gasteiger partial charge in [-0.05, 0) is 35.9 Å². The van der Waals surface area contributed by atoms with Crippen molar-refractivity contribution in [3.63, 3.8) is 0 Å². The molecule has 0 amide bonds. The molecule has 0 bridgehead atoms. The Hall–Kier alpha value is -3.94. The quantitative estimate of drug-likeness (QED) is 0.547. The number of H-pyrrole nitrogens is 1. The maximum atomic E-state index is 11.0. The van der Waals surface area contributed by atoms with Gasteiger partial charge in [-0.1, -0.05) is 12.1 Å². The monoisotopic (exact) mass is 361 g/mol. The number of carboxylic acid groups (broad SMARTS) is 1. The van der Waals surface area contributed by atoms with Crippen molar-refractivity contribution in [1.82, 2.24) is 25.0 Å². The highest BCUT2D eigenvalue weighted by molar-refractivity contribution is 5.86. The summed E-state index contributed by atoms with van der Waals surface area (Å²) in [5.41, 5.74) is 3.46. The van der Waals surface area contributed by atoms with Gasteiger partial charge >= 0.3 is 5.97 Å². The van der Waals surface area contributed by atoms with E-state index in [9.17, 15) is 4.79 Å². The van der Waals surface area contributed by atoms with Crippen LogP contribution in [0.4, 0.5) is 0 Å². The molecule has 3 heterocycles. The Bertz CT molecular complexity index is 1060. The fraction of sp³-hybridized carbons (Fsp3) is 0.0526. The van der Waals surface area contributed by atoms with Gasteiger partial charge in [0.05, 0.1) is 35.0 Å². The van der Waals surface area contributed by atoms with Crippen LogP contribution < -0.4 is 4.74 Å². The predicted octanol–water partition coefficient (Wildman–Crippen LogP) is 2.93. The first-order chi connectivity index (χ1) is 13.2. The molecule has 8 heteroatoms. The second-order valence-electron chi connectivity index (χ2n) is 5.79. The molecule has 0 saturated heterocycles. The molecule has 4 rings (SSSR count). The second kappa shape index (κ2) is 7.12. The first kappa shape index (κ1) is 16.5. The SMILES string of the molecule is O=C(O)c1cnn(-c2cccc(COc3ccc(-c4ccn[nH]4)nc3)c2)c1. The predicted molar refractivity (Wildman–Crippen MR) is 96.7 cm³/mol. The first-order valence-corrected chi connectivity index (χ1v) is 8.15. The summed E-state index contributed by atoms with van der Waals surface area (Å²) in [6, 6.07) is 13.1. The van der Waals surface area contributed by atoms with E-state index in [2.05, 4.69) is 20.3 Å². The highest BCUT2D eigenvalue weighted by Crippen LogP contribution is 2.18. The van der Waals surface area contributed by atoms with Crippen LogP contribution in [0.25, 0.3) is 17.1 Å². The number of aromatic amines is 1. The van der Waals surface area contributed by atoms with Crippen molar-refractivity contribution in [2.75, 3.05) is 0 Å². The Labute approximate surface area is 154 Å². The number of aromatic carboxylic acids is 1. The number of hydrogen-bond donors (Lipinski definition) is 2. The van der Waals surface area contributed by atoms with Crippen molar-refractivity contribution < 1.29 is 14.6 Å². The molecule has 0 aliphatic rings. The molecule has 0 aliphatic carbocycles. The molecular formula is C19H15N5O3. The number of nitrogens with zero attached hydrogens (tertiary/aromatic N) is 4. The molecule has 134 valence electrons. The van der Waals surface area contributed by atoms with E-state index in [4.69, 9.17) is 9.84 Å². The molecular weight excluding hydrogens is 346 g/mol. The van der Waals surface area contributed by atoms with Crippen LogP contribution in [0.3, 0.4) is 0 Å². The Kier molecular flexibility index (Phi) is 4.36. The average Bonchev–Trinajstić information content (AvgIpc) is 3.39. The van der Waals surface area contributed by atoms with Gasteiger partial charge in [0.1, 0.15) is 12.4 Å². The Morgan fingerprint density at radius 1 is 1.19 bits per heavy atom. The van der Waals surface area contributed by atoms with E-state index in [-0.39, 0.29) is 5.56 Å². The standard InChI is InChI=1S/C19H15N5O3/c25-19(26)14-9-22-24(11-14)15-3-1-2-13(8-15)12-27-16-4-5-17(20-10-16)18-6-7-21-23-18/h1-11H,12H2,(H,21,23)(H,25,26). The van der Waals surface area contributed by atoms with E-state index < -0.39 is 5.97 Å². The molecule has 3 aromatic heterocycles. The third-order valence-electron chi connectivity index (χ3n) is 3.92. The van der Waals surface area contributed by atoms with Crippen LogP contribution in [0.15, 0.2) is 67.3 Å². The number of carbonyl (C=O) groups is 1. The van der Waals surface area contributed by atoms with Crippen LogP contribution in [-0.4, -0.2) is 36.0 Å². The highest BCUT2D eigenvalue weighted by Gasteiger charge is 2.08. The van der Waals surface area contributed by atoms with E-state index in [0.29, 0.717) is 12.4 Å². The molecule has 0 spiro atoms. The zero-order valence-corrected chi connectivity index (χ0v) is 14.1. The first-order valence-electron chi connectivity index (χ1n) is 8.15. The maximum absolute atomic E-state index is 11.0. The van der Waals surface area contributed by atoms with Gasteiger partial charge in [0.15, 0.2) is 0 Å². The van der Waals surface area contributed by atoms with Gasteiger partial charge in [-0.15, -0.1) is 0 Å². The van der Waals surface area contributed by atoms with E-state index in [0.717, 1.165) is 22.6 Å². The van der Waals surface area contributed by atoms with Gasteiger partial charge < -0.3 is 9.84 Å². The van der Waals surface area contributed by atoms with Crippen molar-refractivity contribution in [3.05, 3.63) is 78.4 Å². The zero-order valence-electron chi connectivity index (χ0n) is 14.1. The number of benzene rings is 1. The lowest BCUT2D eigenvalue weighted by molar-refractivity contribution is 0.0697. The number of aromatic nitrogens is 5. The van der Waals surface area contributed by atoms with Crippen LogP contribution in [-0.2, 0) is 6.61 Å². The molecule has 2 N–H and O–H groups in total. The van der Waals surface area contributed by atoms with Crippen LogP contribution in [0.2, 0.25) is 0 Å². The van der Waals surface area contributed by atoms with Crippen molar-refractivity contribution >= 4 is 5.97 Å². The van der Waals surface area contributed by atoms with E-state index in [1.807, 2.05) is 42.5 Å². The van der Waals surface area contributed by atoms with Crippen LogP contribution >= 0.6 is 0 Å². The number of carboxylic acids is 1. The highest BCUT2D eigenvalue weighted by atomic mass is 16.5. The number of hydrogen-bond acceptors (Lipinski definition) is 5. The van der Waals surface area contributed by atoms with Gasteiger partial charge in [0.25, 0.3) is 0 Å². The zero-order chi connectivity index (χ0) is 18.6. The summed E-state index contributed by atoms with van der Waals surface area (Å²) >= 11 is 0. The Morgan fingerprint density at radius 3 is 2.81 bits per heavy atom. The molecule has 8 nitrogen and oxygen atoms in total. The minimum Gasteiger partial charge on any atom is -0.487 e. The van der Waals surface area contributed by atoms with Crippen LogP contribution in [0.5, 0.6) is 5.75 Å². The minimum atomic E-state index is -1.01. The summed E-state index contributed by atoms with van der Waals surface area (Å²) in [5.74, 6) is -0.359. The van der Waals surface area contributed by atoms with Crippen molar-refractivity contribution in [2.45, 2.75) is 6.61 Å².